The van der Waals surface area contributed by atoms with Crippen molar-refractivity contribution >= 4 is 23.7 Å². The van der Waals surface area contributed by atoms with Crippen LogP contribution in [-0.4, -0.2) is 59.3 Å². The lowest BCUT2D eigenvalue weighted by molar-refractivity contribution is -0.250. The predicted octanol–water partition coefficient (Wildman–Crippen LogP) is 3.85. The van der Waals surface area contributed by atoms with Gasteiger partial charge in [0.2, 0.25) is 0 Å². The topological polar surface area (TPSA) is 142 Å². The highest BCUT2D eigenvalue weighted by Crippen LogP contribution is 2.78. The summed E-state index contributed by atoms with van der Waals surface area (Å²) in [4.78, 5) is 53.9. The minimum atomic E-state index is -2.20. The number of allylic oxidation sites excluding steroid dienone is 1. The first-order valence-electron chi connectivity index (χ1n) is 14.7. The Labute approximate surface area is 245 Å². The van der Waals surface area contributed by atoms with Crippen molar-refractivity contribution in [2.75, 3.05) is 7.11 Å². The molecule has 10 nitrogen and oxygen atoms in total. The first-order chi connectivity index (χ1) is 19.6. The van der Waals surface area contributed by atoms with E-state index in [1.165, 1.54) is 13.4 Å². The van der Waals surface area contributed by atoms with Crippen LogP contribution in [-0.2, 0) is 38.1 Å². The van der Waals surface area contributed by atoms with Crippen molar-refractivity contribution in [2.24, 2.45) is 34.0 Å². The van der Waals surface area contributed by atoms with Gasteiger partial charge < -0.3 is 28.5 Å². The zero-order valence-electron chi connectivity index (χ0n) is 25.2. The molecular formula is C32H40O10. The fraction of sp³-hybridized carbons (Fsp3) is 0.688. The van der Waals surface area contributed by atoms with Crippen molar-refractivity contribution in [3.63, 3.8) is 0 Å². The number of methoxy groups -OCH3 is 1. The maximum Gasteiger partial charge on any atom is 0.333 e. The molecule has 1 aromatic heterocycles. The van der Waals surface area contributed by atoms with Gasteiger partial charge in [0.25, 0.3) is 0 Å². The van der Waals surface area contributed by atoms with E-state index in [2.05, 4.69) is 6.92 Å². The van der Waals surface area contributed by atoms with Gasteiger partial charge in [-0.25, -0.2) is 4.79 Å². The highest BCUT2D eigenvalue weighted by Gasteiger charge is 2.90. The second-order valence-electron chi connectivity index (χ2n) is 14.0. The molecule has 2 bridgehead atoms. The zero-order chi connectivity index (χ0) is 30.6. The molecular weight excluding hydrogens is 544 g/mol. The predicted molar refractivity (Wildman–Crippen MR) is 145 cm³/mol. The van der Waals surface area contributed by atoms with Gasteiger partial charge in [-0.1, -0.05) is 33.8 Å². The van der Waals surface area contributed by atoms with Crippen LogP contribution < -0.4 is 0 Å². The normalized spacial score (nSPS) is 45.1. The summed E-state index contributed by atoms with van der Waals surface area (Å²) < 4.78 is 29.0. The summed E-state index contributed by atoms with van der Waals surface area (Å²) in [6.07, 6.45) is 2.89. The van der Waals surface area contributed by atoms with E-state index < -0.39 is 87.2 Å². The molecule has 6 rings (SSSR count). The van der Waals surface area contributed by atoms with E-state index in [4.69, 9.17) is 23.4 Å². The smallest absolute Gasteiger partial charge is 0.333 e. The lowest BCUT2D eigenvalue weighted by atomic mass is 9.36. The number of hydrogen-bond acceptors (Lipinski definition) is 10. The molecule has 10 heteroatoms. The fourth-order valence-corrected chi connectivity index (χ4v) is 9.75. The van der Waals surface area contributed by atoms with E-state index in [1.54, 1.807) is 32.3 Å². The lowest BCUT2D eigenvalue weighted by Crippen LogP contribution is -2.80. The Bertz CT molecular complexity index is 1380. The summed E-state index contributed by atoms with van der Waals surface area (Å²) in [7, 11) is 1.30. The van der Waals surface area contributed by atoms with Crippen molar-refractivity contribution < 1.29 is 47.6 Å². The largest absolute Gasteiger partial charge is 0.472 e. The molecule has 228 valence electrons. The van der Waals surface area contributed by atoms with E-state index in [-0.39, 0.29) is 12.8 Å². The Morgan fingerprint density at radius 1 is 1.17 bits per heavy atom. The molecule has 10 unspecified atom stereocenters. The maximum atomic E-state index is 14.7. The molecule has 3 aliphatic carbocycles. The average molecular weight is 585 g/mol. The zero-order valence-corrected chi connectivity index (χ0v) is 25.2. The summed E-state index contributed by atoms with van der Waals surface area (Å²) in [6.45, 7) is 10.8. The number of esters is 3. The Kier molecular flexibility index (Phi) is 6.25. The van der Waals surface area contributed by atoms with Gasteiger partial charge >= 0.3 is 17.9 Å². The van der Waals surface area contributed by atoms with Gasteiger partial charge in [0, 0.05) is 45.6 Å². The van der Waals surface area contributed by atoms with Gasteiger partial charge in [-0.3, -0.25) is 14.4 Å². The summed E-state index contributed by atoms with van der Waals surface area (Å²) in [5.41, 5.74) is -5.08. The number of furan rings is 1. The summed E-state index contributed by atoms with van der Waals surface area (Å²) >= 11 is 0. The third kappa shape index (κ3) is 3.39. The first-order valence-corrected chi connectivity index (χ1v) is 14.7. The van der Waals surface area contributed by atoms with Crippen molar-refractivity contribution in [1.29, 1.82) is 0 Å². The molecule has 0 amide bonds. The third-order valence-corrected chi connectivity index (χ3v) is 11.8. The number of Topliss-reactive ketones (excluding diaryl/α,β-unsaturated/α-hetero) is 1. The number of aliphatic hydroxyl groups is 1. The number of rotatable bonds is 5. The van der Waals surface area contributed by atoms with E-state index >= 15 is 0 Å². The Morgan fingerprint density at radius 3 is 2.50 bits per heavy atom. The molecule has 5 aliphatic rings. The molecule has 2 aliphatic heterocycles. The molecule has 42 heavy (non-hydrogen) atoms. The van der Waals surface area contributed by atoms with Crippen LogP contribution >= 0.6 is 0 Å². The van der Waals surface area contributed by atoms with E-state index in [9.17, 15) is 24.3 Å². The molecule has 3 saturated carbocycles. The number of carbonyl (C=O) groups excluding carboxylic acids is 4. The van der Waals surface area contributed by atoms with Gasteiger partial charge in [-0.05, 0) is 38.7 Å². The average Bonchev–Trinajstić information content (AvgIpc) is 3.44. The lowest BCUT2D eigenvalue weighted by Gasteiger charge is -2.66. The Balaban J connectivity index is 1.53. The third-order valence-electron chi connectivity index (χ3n) is 11.8. The monoisotopic (exact) mass is 584 g/mol. The number of carbonyl (C=O) groups is 4. The number of ketones is 1. The van der Waals surface area contributed by atoms with Gasteiger partial charge in [-0.2, -0.15) is 0 Å². The number of epoxide rings is 1. The first kappa shape index (κ1) is 29.1. The van der Waals surface area contributed by atoms with Gasteiger partial charge in [0.1, 0.15) is 23.9 Å². The summed E-state index contributed by atoms with van der Waals surface area (Å²) in [6, 6.07) is 1.78. The van der Waals surface area contributed by atoms with Gasteiger partial charge in [-0.15, -0.1) is 0 Å². The Hall–Kier alpha value is -2.98. The molecule has 3 heterocycles. The van der Waals surface area contributed by atoms with Crippen LogP contribution in [0.3, 0.4) is 0 Å². The van der Waals surface area contributed by atoms with Crippen LogP contribution in [0, 0.1) is 34.0 Å². The highest BCUT2D eigenvalue weighted by atomic mass is 16.6. The number of fused-ring (bicyclic) bond motifs is 5. The standard InChI is InChI=1S/C32H40O10/c1-8-16(2)24(35)41-26-28(3,4)19(13-21(33)38-7)30(6)18-9-11-29(5)20(32(18)27(42-32)31(26,37)25(30)36)14-22(34)40-23(29)17-10-12-39-15-17/h8,10,12,15,18-20,23,26-27,37H,9,11,13-14H2,1-7H3. The summed E-state index contributed by atoms with van der Waals surface area (Å²) in [5, 5.41) is 12.7. The second-order valence-corrected chi connectivity index (χ2v) is 14.0. The number of hydrogen-bond donors (Lipinski definition) is 1. The molecule has 10 atom stereocenters. The van der Waals surface area contributed by atoms with Crippen molar-refractivity contribution in [1.82, 2.24) is 0 Å². The van der Waals surface area contributed by atoms with E-state index in [1.807, 2.05) is 20.8 Å². The molecule has 0 radical (unpaired) electrons. The Morgan fingerprint density at radius 2 is 1.88 bits per heavy atom. The minimum Gasteiger partial charge on any atom is -0.472 e. The molecule has 5 fully saturated rings. The van der Waals surface area contributed by atoms with E-state index in [0.29, 0.717) is 18.4 Å². The van der Waals surface area contributed by atoms with Crippen molar-refractivity contribution in [2.45, 2.75) is 96.7 Å². The van der Waals surface area contributed by atoms with E-state index in [0.717, 1.165) is 5.56 Å². The van der Waals surface area contributed by atoms with Gasteiger partial charge in [0.15, 0.2) is 11.4 Å². The summed E-state index contributed by atoms with van der Waals surface area (Å²) in [5.74, 6) is -3.53. The maximum absolute atomic E-state index is 14.7. The fourth-order valence-electron chi connectivity index (χ4n) is 9.75. The van der Waals surface area contributed by atoms with Crippen LogP contribution in [0.5, 0.6) is 0 Å². The molecule has 2 saturated heterocycles. The van der Waals surface area contributed by atoms with Crippen LogP contribution in [0.15, 0.2) is 34.7 Å². The van der Waals surface area contributed by atoms with Crippen LogP contribution in [0.1, 0.15) is 78.9 Å². The number of ether oxygens (including phenoxy) is 4. The number of cyclic esters (lactones) is 1. The molecule has 1 N–H and O–H groups in total. The van der Waals surface area contributed by atoms with Crippen molar-refractivity contribution in [3.8, 4) is 0 Å². The quantitative estimate of drug-likeness (QED) is 0.235. The van der Waals surface area contributed by atoms with Gasteiger partial charge in [0.05, 0.1) is 26.1 Å². The minimum absolute atomic E-state index is 0.0470. The van der Waals surface area contributed by atoms with Crippen LogP contribution in [0.4, 0.5) is 0 Å². The molecule has 1 aromatic rings. The molecule has 1 spiro atoms. The molecule has 0 aromatic carbocycles. The highest BCUT2D eigenvalue weighted by molar-refractivity contribution is 5.99. The second kappa shape index (κ2) is 9.02. The van der Waals surface area contributed by atoms with Crippen LogP contribution in [0.25, 0.3) is 0 Å². The van der Waals surface area contributed by atoms with Crippen molar-refractivity contribution in [3.05, 3.63) is 35.8 Å². The SMILES string of the molecule is CC=C(C)C(=O)OC1C(C)(C)C(CC(=O)OC)C2(C)C(=O)C1(O)C1OC13C1CC(=O)OC(c4ccoc4)C1(C)CCC23. The van der Waals surface area contributed by atoms with Crippen LogP contribution in [0.2, 0.25) is 0 Å².